The van der Waals surface area contributed by atoms with Crippen LogP contribution in [0.5, 0.6) is 11.5 Å². The van der Waals surface area contributed by atoms with Crippen molar-refractivity contribution in [3.63, 3.8) is 0 Å². The van der Waals surface area contributed by atoms with Crippen LogP contribution in [0.2, 0.25) is 0 Å². The molecule has 4 heteroatoms. The Morgan fingerprint density at radius 3 is 2.93 bits per heavy atom. The molecule has 0 radical (unpaired) electrons. The highest BCUT2D eigenvalue weighted by atomic mass is 19.3. The van der Waals surface area contributed by atoms with Crippen LogP contribution in [0, 0.1) is 0 Å². The summed E-state index contributed by atoms with van der Waals surface area (Å²) in [5.41, 5.74) is -0.0805. The van der Waals surface area contributed by atoms with Crippen molar-refractivity contribution >= 4 is 0 Å². The topological polar surface area (TPSA) is 18.5 Å². The SMILES string of the molecule is COc1cccc2c1OCCC2(F)F. The van der Waals surface area contributed by atoms with Gasteiger partial charge in [0.05, 0.1) is 25.7 Å². The van der Waals surface area contributed by atoms with E-state index in [1.165, 1.54) is 13.2 Å². The minimum Gasteiger partial charge on any atom is -0.493 e. The van der Waals surface area contributed by atoms with Crippen molar-refractivity contribution < 1.29 is 18.3 Å². The predicted molar refractivity (Wildman–Crippen MR) is 47.0 cm³/mol. The Bertz CT molecular complexity index is 350. The van der Waals surface area contributed by atoms with E-state index < -0.39 is 5.92 Å². The van der Waals surface area contributed by atoms with Crippen LogP contribution in [0.4, 0.5) is 8.78 Å². The maximum Gasteiger partial charge on any atom is 0.280 e. The van der Waals surface area contributed by atoms with E-state index in [1.807, 2.05) is 0 Å². The first kappa shape index (κ1) is 9.24. The maximum absolute atomic E-state index is 13.4. The lowest BCUT2D eigenvalue weighted by molar-refractivity contribution is -0.0411. The number of hydrogen-bond acceptors (Lipinski definition) is 2. The number of para-hydroxylation sites is 1. The number of fused-ring (bicyclic) bond motifs is 1. The lowest BCUT2D eigenvalue weighted by Gasteiger charge is -2.26. The summed E-state index contributed by atoms with van der Waals surface area (Å²) in [6.07, 6.45) is -0.271. The average molecular weight is 200 g/mol. The Kier molecular flexibility index (Phi) is 2.06. The number of ether oxygens (including phenoxy) is 2. The molecule has 76 valence electrons. The van der Waals surface area contributed by atoms with Gasteiger partial charge in [0.25, 0.3) is 5.92 Å². The monoisotopic (exact) mass is 200 g/mol. The lowest BCUT2D eigenvalue weighted by Crippen LogP contribution is -2.24. The first-order valence-corrected chi connectivity index (χ1v) is 4.33. The third-order valence-corrected chi connectivity index (χ3v) is 2.26. The summed E-state index contributed by atoms with van der Waals surface area (Å²) in [6, 6.07) is 4.53. The smallest absolute Gasteiger partial charge is 0.280 e. The van der Waals surface area contributed by atoms with Crippen LogP contribution in [0.1, 0.15) is 12.0 Å². The van der Waals surface area contributed by atoms with Crippen LogP contribution in [0.3, 0.4) is 0 Å². The van der Waals surface area contributed by atoms with E-state index in [4.69, 9.17) is 9.47 Å². The summed E-state index contributed by atoms with van der Waals surface area (Å²) in [5, 5.41) is 0. The van der Waals surface area contributed by atoms with Crippen molar-refractivity contribution in [1.82, 2.24) is 0 Å². The van der Waals surface area contributed by atoms with Gasteiger partial charge in [-0.05, 0) is 12.1 Å². The Labute approximate surface area is 80.4 Å². The van der Waals surface area contributed by atoms with Gasteiger partial charge in [-0.25, -0.2) is 8.78 Å². The zero-order valence-electron chi connectivity index (χ0n) is 7.72. The highest BCUT2D eigenvalue weighted by Crippen LogP contribution is 2.45. The second kappa shape index (κ2) is 3.12. The van der Waals surface area contributed by atoms with Gasteiger partial charge in [-0.15, -0.1) is 0 Å². The molecule has 0 N–H and O–H groups in total. The summed E-state index contributed by atoms with van der Waals surface area (Å²) in [5.74, 6) is -2.27. The molecule has 0 bridgehead atoms. The Morgan fingerprint density at radius 2 is 2.21 bits per heavy atom. The van der Waals surface area contributed by atoms with Crippen LogP contribution < -0.4 is 9.47 Å². The van der Waals surface area contributed by atoms with Crippen LogP contribution in [-0.4, -0.2) is 13.7 Å². The second-order valence-corrected chi connectivity index (χ2v) is 3.14. The predicted octanol–water partition coefficient (Wildman–Crippen LogP) is 2.57. The van der Waals surface area contributed by atoms with E-state index in [1.54, 1.807) is 12.1 Å². The quantitative estimate of drug-likeness (QED) is 0.693. The molecule has 0 aromatic heterocycles. The number of methoxy groups -OCH3 is 1. The van der Waals surface area contributed by atoms with Crippen LogP contribution >= 0.6 is 0 Å². The Morgan fingerprint density at radius 1 is 1.43 bits per heavy atom. The van der Waals surface area contributed by atoms with Crippen molar-refractivity contribution in [2.75, 3.05) is 13.7 Å². The third-order valence-electron chi connectivity index (χ3n) is 2.26. The molecule has 0 spiro atoms. The van der Waals surface area contributed by atoms with Crippen LogP contribution in [-0.2, 0) is 5.92 Å². The number of halogens is 2. The van der Waals surface area contributed by atoms with Gasteiger partial charge >= 0.3 is 0 Å². The minimum absolute atomic E-state index is 0.0281. The van der Waals surface area contributed by atoms with Gasteiger partial charge in [0.1, 0.15) is 0 Å². The van der Waals surface area contributed by atoms with Crippen molar-refractivity contribution in [1.29, 1.82) is 0 Å². The lowest BCUT2D eigenvalue weighted by atomic mass is 10.0. The summed E-state index contributed by atoms with van der Waals surface area (Å²) in [4.78, 5) is 0. The zero-order chi connectivity index (χ0) is 10.2. The van der Waals surface area contributed by atoms with Crippen molar-refractivity contribution in [3.05, 3.63) is 23.8 Å². The van der Waals surface area contributed by atoms with Gasteiger partial charge in [0.2, 0.25) is 0 Å². The molecule has 0 unspecified atom stereocenters. The van der Waals surface area contributed by atoms with Gasteiger partial charge in [0.15, 0.2) is 11.5 Å². The number of alkyl halides is 2. The first-order chi connectivity index (χ1) is 6.65. The van der Waals surface area contributed by atoms with E-state index >= 15 is 0 Å². The van der Waals surface area contributed by atoms with Crippen molar-refractivity contribution in [2.24, 2.45) is 0 Å². The zero-order valence-corrected chi connectivity index (χ0v) is 7.72. The molecule has 0 aliphatic carbocycles. The standard InChI is InChI=1S/C10H10F2O2/c1-13-8-4-2-3-7-9(8)14-6-5-10(7,11)12/h2-4H,5-6H2,1H3. The highest BCUT2D eigenvalue weighted by molar-refractivity contribution is 5.49. The molecule has 1 aromatic rings. The third kappa shape index (κ3) is 1.31. The molecule has 0 amide bonds. The second-order valence-electron chi connectivity index (χ2n) is 3.14. The van der Waals surface area contributed by atoms with Crippen LogP contribution in [0.15, 0.2) is 18.2 Å². The molecule has 1 aliphatic heterocycles. The fourth-order valence-electron chi connectivity index (χ4n) is 1.53. The highest BCUT2D eigenvalue weighted by Gasteiger charge is 2.39. The molecular formula is C10H10F2O2. The average Bonchev–Trinajstić information content (AvgIpc) is 2.17. The molecular weight excluding hydrogens is 190 g/mol. The van der Waals surface area contributed by atoms with Gasteiger partial charge in [-0.3, -0.25) is 0 Å². The molecule has 14 heavy (non-hydrogen) atoms. The summed E-state index contributed by atoms with van der Waals surface area (Å²) in [6.45, 7) is 0.0281. The molecule has 0 saturated carbocycles. The number of rotatable bonds is 1. The molecule has 2 nitrogen and oxygen atoms in total. The molecule has 1 aliphatic rings. The van der Waals surface area contributed by atoms with Gasteiger partial charge in [-0.1, -0.05) is 6.07 Å². The van der Waals surface area contributed by atoms with Gasteiger partial charge in [-0.2, -0.15) is 0 Å². The Hall–Kier alpha value is -1.32. The molecule has 1 aromatic carbocycles. The summed E-state index contributed by atoms with van der Waals surface area (Å²) >= 11 is 0. The maximum atomic E-state index is 13.4. The molecule has 0 fully saturated rings. The number of hydrogen-bond donors (Lipinski definition) is 0. The Balaban J connectivity index is 2.55. The number of benzene rings is 1. The summed E-state index contributed by atoms with van der Waals surface area (Å²) < 4.78 is 36.9. The van der Waals surface area contributed by atoms with E-state index in [0.717, 1.165) is 0 Å². The van der Waals surface area contributed by atoms with Crippen LogP contribution in [0.25, 0.3) is 0 Å². The van der Waals surface area contributed by atoms with Crippen molar-refractivity contribution in [3.8, 4) is 11.5 Å². The molecule has 0 saturated heterocycles. The fourth-order valence-corrected chi connectivity index (χ4v) is 1.53. The van der Waals surface area contributed by atoms with E-state index in [0.29, 0.717) is 5.75 Å². The van der Waals surface area contributed by atoms with Gasteiger partial charge in [0, 0.05) is 0 Å². The largest absolute Gasteiger partial charge is 0.493 e. The van der Waals surface area contributed by atoms with E-state index in [-0.39, 0.29) is 24.3 Å². The van der Waals surface area contributed by atoms with Crippen molar-refractivity contribution in [2.45, 2.75) is 12.3 Å². The van der Waals surface area contributed by atoms with Gasteiger partial charge < -0.3 is 9.47 Å². The molecule has 1 heterocycles. The van der Waals surface area contributed by atoms with E-state index in [9.17, 15) is 8.78 Å². The fraction of sp³-hybridized carbons (Fsp3) is 0.400. The normalized spacial score (nSPS) is 18.2. The first-order valence-electron chi connectivity index (χ1n) is 4.33. The van der Waals surface area contributed by atoms with E-state index in [2.05, 4.69) is 0 Å². The summed E-state index contributed by atoms with van der Waals surface area (Å²) in [7, 11) is 1.44. The molecule has 0 atom stereocenters. The minimum atomic E-state index is -2.80. The molecule has 2 rings (SSSR count).